The van der Waals surface area contributed by atoms with Gasteiger partial charge in [0.2, 0.25) is 0 Å². The zero-order valence-electron chi connectivity index (χ0n) is 11.8. The van der Waals surface area contributed by atoms with Crippen LogP contribution in [0.5, 0.6) is 0 Å². The summed E-state index contributed by atoms with van der Waals surface area (Å²) in [4.78, 5) is 0. The molecule has 1 aromatic carbocycles. The summed E-state index contributed by atoms with van der Waals surface area (Å²) in [5.74, 6) is 0. The van der Waals surface area contributed by atoms with Crippen molar-refractivity contribution in [3.63, 3.8) is 0 Å². The maximum atomic E-state index is 6.26. The topological polar surface area (TPSA) is 21.3 Å². The van der Waals surface area contributed by atoms with E-state index < -0.39 is 0 Å². The van der Waals surface area contributed by atoms with Crippen LogP contribution >= 0.6 is 23.2 Å². The zero-order valence-corrected chi connectivity index (χ0v) is 13.3. The first kappa shape index (κ1) is 14.5. The maximum absolute atomic E-state index is 6.26. The molecule has 0 aromatic heterocycles. The number of benzene rings is 1. The highest BCUT2D eigenvalue weighted by atomic mass is 35.5. The third-order valence-corrected chi connectivity index (χ3v) is 5.51. The third kappa shape index (κ3) is 2.43. The number of ether oxygens (including phenoxy) is 1. The highest BCUT2D eigenvalue weighted by Crippen LogP contribution is 2.55. The van der Waals surface area contributed by atoms with Crippen LogP contribution in [0.1, 0.15) is 39.0 Å². The molecule has 0 amide bonds. The number of hydrogen-bond acceptors (Lipinski definition) is 2. The van der Waals surface area contributed by atoms with Gasteiger partial charge in [0.1, 0.15) is 0 Å². The van der Waals surface area contributed by atoms with Crippen molar-refractivity contribution in [1.29, 1.82) is 0 Å². The summed E-state index contributed by atoms with van der Waals surface area (Å²) in [6, 6.07) is 6.05. The molecule has 0 saturated heterocycles. The molecule has 0 aliphatic heterocycles. The quantitative estimate of drug-likeness (QED) is 0.830. The van der Waals surface area contributed by atoms with E-state index in [9.17, 15) is 0 Å². The molecule has 20 heavy (non-hydrogen) atoms. The van der Waals surface area contributed by atoms with Crippen molar-refractivity contribution in [3.05, 3.63) is 28.2 Å². The summed E-state index contributed by atoms with van der Waals surface area (Å²) < 4.78 is 5.94. The van der Waals surface area contributed by atoms with Crippen LogP contribution in [0.3, 0.4) is 0 Å². The highest BCUT2D eigenvalue weighted by Gasteiger charge is 2.56. The van der Waals surface area contributed by atoms with Gasteiger partial charge in [-0.25, -0.2) is 0 Å². The summed E-state index contributed by atoms with van der Waals surface area (Å²) in [6.45, 7) is 2.88. The van der Waals surface area contributed by atoms with Crippen LogP contribution in [0, 0.1) is 5.41 Å². The molecule has 2 saturated carbocycles. The molecule has 2 atom stereocenters. The highest BCUT2D eigenvalue weighted by molar-refractivity contribution is 6.35. The maximum Gasteiger partial charge on any atom is 0.0670 e. The Kier molecular flexibility index (Phi) is 4.16. The first-order chi connectivity index (χ1) is 9.65. The Morgan fingerprint density at radius 2 is 2.05 bits per heavy atom. The molecule has 0 bridgehead atoms. The Balaban J connectivity index is 1.76. The van der Waals surface area contributed by atoms with Crippen molar-refractivity contribution < 1.29 is 4.74 Å². The van der Waals surface area contributed by atoms with Gasteiger partial charge in [-0.3, -0.25) is 0 Å². The van der Waals surface area contributed by atoms with Crippen molar-refractivity contribution in [2.75, 3.05) is 11.9 Å². The van der Waals surface area contributed by atoms with E-state index in [1.54, 1.807) is 0 Å². The SMILES string of the molecule is CCOC1CC(Nc2cc(Cl)ccc2Cl)C12CCCC2. The van der Waals surface area contributed by atoms with Gasteiger partial charge in [-0.1, -0.05) is 36.0 Å². The predicted molar refractivity (Wildman–Crippen MR) is 84.8 cm³/mol. The first-order valence-corrected chi connectivity index (χ1v) is 8.24. The molecule has 1 aromatic rings. The van der Waals surface area contributed by atoms with Crippen LogP contribution in [0.2, 0.25) is 10.0 Å². The van der Waals surface area contributed by atoms with Gasteiger partial charge in [-0.15, -0.1) is 0 Å². The smallest absolute Gasteiger partial charge is 0.0670 e. The zero-order chi connectivity index (χ0) is 14.2. The van der Waals surface area contributed by atoms with Crippen LogP contribution in [0.25, 0.3) is 0 Å². The van der Waals surface area contributed by atoms with E-state index in [1.165, 1.54) is 25.7 Å². The molecule has 4 heteroatoms. The molecule has 3 rings (SSSR count). The number of hydrogen-bond donors (Lipinski definition) is 1. The molecule has 110 valence electrons. The number of halogens is 2. The van der Waals surface area contributed by atoms with E-state index in [0.717, 1.165) is 28.8 Å². The van der Waals surface area contributed by atoms with Crippen LogP contribution in [-0.2, 0) is 4.74 Å². The van der Waals surface area contributed by atoms with Crippen LogP contribution < -0.4 is 5.32 Å². The largest absolute Gasteiger partial charge is 0.380 e. The van der Waals surface area contributed by atoms with E-state index >= 15 is 0 Å². The summed E-state index contributed by atoms with van der Waals surface area (Å²) in [5.41, 5.74) is 1.26. The van der Waals surface area contributed by atoms with Gasteiger partial charge in [0.25, 0.3) is 0 Å². The van der Waals surface area contributed by atoms with Crippen molar-refractivity contribution >= 4 is 28.9 Å². The minimum atomic E-state index is 0.307. The van der Waals surface area contributed by atoms with Gasteiger partial charge in [-0.05, 0) is 44.4 Å². The first-order valence-electron chi connectivity index (χ1n) is 7.49. The Bertz CT molecular complexity index is 485. The monoisotopic (exact) mass is 313 g/mol. The van der Waals surface area contributed by atoms with Gasteiger partial charge in [0.15, 0.2) is 0 Å². The number of nitrogens with one attached hydrogen (secondary N) is 1. The second kappa shape index (κ2) is 5.75. The molecule has 2 nitrogen and oxygen atoms in total. The fourth-order valence-corrected chi connectivity index (χ4v) is 4.23. The summed E-state index contributed by atoms with van der Waals surface area (Å²) in [5, 5.41) is 5.07. The van der Waals surface area contributed by atoms with Gasteiger partial charge in [0.05, 0.1) is 16.8 Å². The molecule has 2 aliphatic rings. The molecule has 0 radical (unpaired) electrons. The lowest BCUT2D eigenvalue weighted by Gasteiger charge is -2.54. The minimum absolute atomic E-state index is 0.307. The van der Waals surface area contributed by atoms with Crippen LogP contribution in [0.4, 0.5) is 5.69 Å². The van der Waals surface area contributed by atoms with Gasteiger partial charge >= 0.3 is 0 Å². The standard InChI is InChI=1S/C16H21Cl2NO/c1-2-20-15-10-14(16(15)7-3-4-8-16)19-13-9-11(17)5-6-12(13)18/h5-6,9,14-15,19H,2-4,7-8,10H2,1H3. The summed E-state index contributed by atoms with van der Waals surface area (Å²) in [7, 11) is 0. The van der Waals surface area contributed by atoms with Crippen molar-refractivity contribution in [2.24, 2.45) is 5.41 Å². The van der Waals surface area contributed by atoms with Crippen LogP contribution in [0.15, 0.2) is 18.2 Å². The lowest BCUT2D eigenvalue weighted by molar-refractivity contribution is -0.114. The Labute approximate surface area is 130 Å². The van der Waals surface area contributed by atoms with E-state index in [2.05, 4.69) is 12.2 Å². The predicted octanol–water partition coefficient (Wildman–Crippen LogP) is 5.14. The van der Waals surface area contributed by atoms with Crippen LogP contribution in [-0.4, -0.2) is 18.8 Å². The lowest BCUT2D eigenvalue weighted by Crippen LogP contribution is -2.60. The minimum Gasteiger partial charge on any atom is -0.380 e. The Morgan fingerprint density at radius 1 is 1.30 bits per heavy atom. The van der Waals surface area contributed by atoms with Crippen molar-refractivity contribution in [1.82, 2.24) is 0 Å². The lowest BCUT2D eigenvalue weighted by atomic mass is 9.60. The summed E-state index contributed by atoms with van der Waals surface area (Å²) >= 11 is 12.3. The fourth-order valence-electron chi connectivity index (χ4n) is 3.88. The van der Waals surface area contributed by atoms with Gasteiger partial charge in [-0.2, -0.15) is 0 Å². The molecule has 1 spiro atoms. The molecular weight excluding hydrogens is 293 g/mol. The van der Waals surface area contributed by atoms with Crippen molar-refractivity contribution in [2.45, 2.75) is 51.2 Å². The summed E-state index contributed by atoms with van der Waals surface area (Å²) in [6.07, 6.45) is 6.61. The second-order valence-electron chi connectivity index (χ2n) is 5.94. The number of anilines is 1. The molecule has 1 N–H and O–H groups in total. The fraction of sp³-hybridized carbons (Fsp3) is 0.625. The Morgan fingerprint density at radius 3 is 2.75 bits per heavy atom. The molecule has 2 unspecified atom stereocenters. The third-order valence-electron chi connectivity index (χ3n) is 4.95. The molecule has 0 heterocycles. The molecule has 2 aliphatic carbocycles. The van der Waals surface area contributed by atoms with Crippen molar-refractivity contribution in [3.8, 4) is 0 Å². The molecular formula is C16H21Cl2NO. The Hall–Kier alpha value is -0.440. The second-order valence-corrected chi connectivity index (χ2v) is 6.78. The average molecular weight is 314 g/mol. The van der Waals surface area contributed by atoms with Gasteiger partial charge in [0, 0.05) is 23.1 Å². The normalized spacial score (nSPS) is 27.6. The van der Waals surface area contributed by atoms with E-state index in [1.807, 2.05) is 18.2 Å². The molecule has 2 fully saturated rings. The van der Waals surface area contributed by atoms with E-state index in [4.69, 9.17) is 27.9 Å². The van der Waals surface area contributed by atoms with Gasteiger partial charge < -0.3 is 10.1 Å². The van der Waals surface area contributed by atoms with E-state index in [-0.39, 0.29) is 0 Å². The van der Waals surface area contributed by atoms with E-state index in [0.29, 0.717) is 17.6 Å². The number of rotatable bonds is 4. The average Bonchev–Trinajstić information content (AvgIpc) is 2.94.